The zero-order valence-corrected chi connectivity index (χ0v) is 19.3. The van der Waals surface area contributed by atoms with Gasteiger partial charge < -0.3 is 25.0 Å². The van der Waals surface area contributed by atoms with Crippen LogP contribution in [0.4, 0.5) is 0 Å². The first kappa shape index (κ1) is 25.8. The van der Waals surface area contributed by atoms with Crippen molar-refractivity contribution < 1.29 is 17.9 Å². The van der Waals surface area contributed by atoms with E-state index in [9.17, 15) is 8.42 Å². The van der Waals surface area contributed by atoms with Crippen molar-refractivity contribution in [2.75, 3.05) is 71.7 Å². The Morgan fingerprint density at radius 3 is 2.50 bits per heavy atom. The molecule has 0 aromatic carbocycles. The molecule has 1 fully saturated rings. The van der Waals surface area contributed by atoms with Crippen LogP contribution in [0.2, 0.25) is 0 Å². The van der Waals surface area contributed by atoms with Crippen LogP contribution < -0.4 is 10.6 Å². The molecule has 0 aliphatic carbocycles. The summed E-state index contributed by atoms with van der Waals surface area (Å²) < 4.78 is 32.5. The van der Waals surface area contributed by atoms with Crippen molar-refractivity contribution >= 4 is 39.8 Å². The average molecular weight is 506 g/mol. The van der Waals surface area contributed by atoms with E-state index in [1.54, 1.807) is 7.11 Å². The van der Waals surface area contributed by atoms with Crippen LogP contribution in [0.25, 0.3) is 0 Å². The van der Waals surface area contributed by atoms with Crippen LogP contribution in [0, 0.1) is 0 Å². The van der Waals surface area contributed by atoms with E-state index >= 15 is 0 Å². The molecule has 26 heavy (non-hydrogen) atoms. The summed E-state index contributed by atoms with van der Waals surface area (Å²) in [4.78, 5) is 6.91. The van der Waals surface area contributed by atoms with Gasteiger partial charge in [0.25, 0.3) is 0 Å². The van der Waals surface area contributed by atoms with Crippen LogP contribution in [0.15, 0.2) is 4.99 Å². The maximum atomic E-state index is 11.0. The van der Waals surface area contributed by atoms with Crippen molar-refractivity contribution in [2.24, 2.45) is 4.99 Å². The van der Waals surface area contributed by atoms with Gasteiger partial charge in [0, 0.05) is 45.6 Å². The molecule has 0 radical (unpaired) electrons. The number of aliphatic imine (C=N–C) groups is 1. The number of likely N-dealkylation sites (tertiary alicyclic amines) is 1. The molecule has 10 heteroatoms. The van der Waals surface area contributed by atoms with Crippen molar-refractivity contribution in [3.63, 3.8) is 0 Å². The Labute approximate surface area is 175 Å². The minimum Gasteiger partial charge on any atom is -0.383 e. The average Bonchev–Trinajstić information content (AvgIpc) is 2.56. The van der Waals surface area contributed by atoms with Crippen molar-refractivity contribution in [3.8, 4) is 0 Å². The van der Waals surface area contributed by atoms with Gasteiger partial charge in [-0.1, -0.05) is 0 Å². The third-order valence-corrected chi connectivity index (χ3v) is 4.90. The summed E-state index contributed by atoms with van der Waals surface area (Å²) in [5.74, 6) is 0.848. The molecule has 1 rings (SSSR count). The first-order chi connectivity index (χ1) is 11.9. The Morgan fingerprint density at radius 1 is 1.23 bits per heavy atom. The maximum absolute atomic E-state index is 11.0. The van der Waals surface area contributed by atoms with E-state index in [1.165, 1.54) is 6.26 Å². The van der Waals surface area contributed by atoms with Crippen LogP contribution in [0.3, 0.4) is 0 Å². The Balaban J connectivity index is 0.00000625. The second-order valence-corrected chi connectivity index (χ2v) is 8.52. The maximum Gasteiger partial charge on any atom is 0.191 e. The number of ether oxygens (including phenoxy) is 2. The number of nitrogens with zero attached hydrogens (tertiary/aromatic N) is 2. The first-order valence-corrected chi connectivity index (χ1v) is 11.0. The van der Waals surface area contributed by atoms with Crippen LogP contribution in [0.1, 0.15) is 19.8 Å². The summed E-state index contributed by atoms with van der Waals surface area (Å²) in [6.45, 7) is 7.87. The summed E-state index contributed by atoms with van der Waals surface area (Å²) in [5, 5.41) is 6.72. The third kappa shape index (κ3) is 13.1. The lowest BCUT2D eigenvalue weighted by molar-refractivity contribution is 0.128. The van der Waals surface area contributed by atoms with Crippen LogP contribution in [0.5, 0.6) is 0 Å². The van der Waals surface area contributed by atoms with E-state index in [4.69, 9.17) is 9.47 Å². The Morgan fingerprint density at radius 2 is 1.92 bits per heavy atom. The number of hydrogen-bond acceptors (Lipinski definition) is 6. The van der Waals surface area contributed by atoms with Gasteiger partial charge in [0.2, 0.25) is 0 Å². The zero-order valence-electron chi connectivity index (χ0n) is 16.2. The van der Waals surface area contributed by atoms with E-state index in [1.807, 2.05) is 6.92 Å². The van der Waals surface area contributed by atoms with E-state index in [-0.39, 0.29) is 36.3 Å². The number of piperidine rings is 1. The second kappa shape index (κ2) is 14.8. The molecule has 1 heterocycles. The van der Waals surface area contributed by atoms with Crippen LogP contribution in [-0.2, 0) is 19.3 Å². The van der Waals surface area contributed by atoms with Crippen molar-refractivity contribution in [1.29, 1.82) is 0 Å². The van der Waals surface area contributed by atoms with Gasteiger partial charge in [-0.05, 0) is 19.8 Å². The topological polar surface area (TPSA) is 92.3 Å². The number of rotatable bonds is 11. The molecule has 0 saturated carbocycles. The summed E-state index contributed by atoms with van der Waals surface area (Å²) in [5.41, 5.74) is 0. The van der Waals surface area contributed by atoms with Crippen LogP contribution in [-0.4, -0.2) is 97.0 Å². The minimum absolute atomic E-state index is 0. The highest BCUT2D eigenvalue weighted by Crippen LogP contribution is 2.09. The lowest BCUT2D eigenvalue weighted by Gasteiger charge is -2.32. The molecular formula is C16H35IN4O4S. The van der Waals surface area contributed by atoms with Gasteiger partial charge in [-0.2, -0.15) is 0 Å². The lowest BCUT2D eigenvalue weighted by atomic mass is 10.1. The zero-order chi connectivity index (χ0) is 18.5. The molecule has 0 unspecified atom stereocenters. The summed E-state index contributed by atoms with van der Waals surface area (Å²) >= 11 is 0. The number of guanidine groups is 1. The van der Waals surface area contributed by atoms with Gasteiger partial charge in [-0.3, -0.25) is 4.99 Å². The molecule has 0 atom stereocenters. The second-order valence-electron chi connectivity index (χ2n) is 6.26. The van der Waals surface area contributed by atoms with Gasteiger partial charge in [-0.15, -0.1) is 24.0 Å². The van der Waals surface area contributed by atoms with Crippen molar-refractivity contribution in [2.45, 2.75) is 25.8 Å². The number of sulfone groups is 1. The molecule has 0 spiro atoms. The Kier molecular flexibility index (Phi) is 14.7. The normalized spacial score (nSPS) is 17.0. The first-order valence-electron chi connectivity index (χ1n) is 8.96. The summed E-state index contributed by atoms with van der Waals surface area (Å²) in [7, 11) is -1.23. The number of hydrogen-bond donors (Lipinski definition) is 2. The van der Waals surface area contributed by atoms with Gasteiger partial charge in [-0.25, -0.2) is 8.42 Å². The SMILES string of the molecule is CCNC(=NCCOCCS(C)(=O)=O)NC1CCN(CCOC)CC1.I. The molecule has 0 aromatic heterocycles. The Bertz CT molecular complexity index is 483. The largest absolute Gasteiger partial charge is 0.383 e. The highest BCUT2D eigenvalue weighted by atomic mass is 127. The number of halogens is 1. The van der Waals surface area contributed by atoms with Gasteiger partial charge in [0.05, 0.1) is 32.1 Å². The third-order valence-electron chi connectivity index (χ3n) is 3.99. The molecule has 1 aliphatic rings. The monoisotopic (exact) mass is 506 g/mol. The van der Waals surface area contributed by atoms with Crippen molar-refractivity contribution in [3.05, 3.63) is 0 Å². The standard InChI is InChI=1S/C16H34N4O4S.HI/c1-4-17-16(18-7-11-24-13-14-25(3,21)22)19-15-5-8-20(9-6-15)10-12-23-2;/h15H,4-14H2,1-3H3,(H2,17,18,19);1H. The van der Waals surface area contributed by atoms with E-state index in [0.29, 0.717) is 19.2 Å². The highest BCUT2D eigenvalue weighted by Gasteiger charge is 2.19. The molecule has 1 saturated heterocycles. The molecule has 0 bridgehead atoms. The molecule has 1 aliphatic heterocycles. The fourth-order valence-electron chi connectivity index (χ4n) is 2.57. The quantitative estimate of drug-likeness (QED) is 0.181. The number of methoxy groups -OCH3 is 1. The number of nitrogens with one attached hydrogen (secondary N) is 2. The molecule has 156 valence electrons. The van der Waals surface area contributed by atoms with E-state index in [0.717, 1.165) is 51.6 Å². The smallest absolute Gasteiger partial charge is 0.191 e. The molecular weight excluding hydrogens is 471 g/mol. The molecule has 8 nitrogen and oxygen atoms in total. The summed E-state index contributed by atoms with van der Waals surface area (Å²) in [6, 6.07) is 0.419. The lowest BCUT2D eigenvalue weighted by Crippen LogP contribution is -2.49. The van der Waals surface area contributed by atoms with Gasteiger partial charge in [0.15, 0.2) is 5.96 Å². The highest BCUT2D eigenvalue weighted by molar-refractivity contribution is 14.0. The fourth-order valence-corrected chi connectivity index (χ4v) is 2.99. The predicted octanol–water partition coefficient (Wildman–Crippen LogP) is 0.332. The minimum atomic E-state index is -2.96. The molecule has 0 amide bonds. The van der Waals surface area contributed by atoms with Crippen LogP contribution >= 0.6 is 24.0 Å². The van der Waals surface area contributed by atoms with Gasteiger partial charge in [0.1, 0.15) is 9.84 Å². The summed E-state index contributed by atoms with van der Waals surface area (Å²) in [6.07, 6.45) is 3.38. The van der Waals surface area contributed by atoms with E-state index in [2.05, 4.69) is 20.5 Å². The molecule has 0 aromatic rings. The fraction of sp³-hybridized carbons (Fsp3) is 0.938. The van der Waals surface area contributed by atoms with E-state index < -0.39 is 9.84 Å². The Hall–Kier alpha value is -0.170. The van der Waals surface area contributed by atoms with Gasteiger partial charge >= 0.3 is 0 Å². The predicted molar refractivity (Wildman–Crippen MR) is 116 cm³/mol. The van der Waals surface area contributed by atoms with Crippen molar-refractivity contribution in [1.82, 2.24) is 15.5 Å². The molecule has 2 N–H and O–H groups in total.